The third-order valence-corrected chi connectivity index (χ3v) is 1.96. The van der Waals surface area contributed by atoms with E-state index >= 15 is 0 Å². The van der Waals surface area contributed by atoms with Crippen LogP contribution in [-0.2, 0) is 20.1 Å². The van der Waals surface area contributed by atoms with Crippen molar-refractivity contribution in [2.45, 2.75) is 13.1 Å². The minimum atomic E-state index is 0.704. The van der Waals surface area contributed by atoms with E-state index in [1.165, 1.54) is 0 Å². The Labute approximate surface area is 81.4 Å². The fourth-order valence-electron chi connectivity index (χ4n) is 1.16. The van der Waals surface area contributed by atoms with Crippen LogP contribution >= 0.6 is 0 Å². The van der Waals surface area contributed by atoms with Crippen LogP contribution in [0.3, 0.4) is 0 Å². The van der Waals surface area contributed by atoms with E-state index in [1.54, 1.807) is 12.5 Å². The number of hydrogen-bond donors (Lipinski definition) is 2. The van der Waals surface area contributed by atoms with Gasteiger partial charge in [0.05, 0.1) is 6.54 Å². The van der Waals surface area contributed by atoms with Crippen molar-refractivity contribution in [1.29, 1.82) is 0 Å². The summed E-state index contributed by atoms with van der Waals surface area (Å²) in [4.78, 5) is 0. The summed E-state index contributed by atoms with van der Waals surface area (Å²) < 4.78 is 1.89. The van der Waals surface area contributed by atoms with Crippen molar-refractivity contribution in [2.75, 3.05) is 0 Å². The molecule has 0 atom stereocenters. The maximum absolute atomic E-state index is 3.96. The van der Waals surface area contributed by atoms with Gasteiger partial charge in [-0.25, -0.2) is 0 Å². The molecular formula is C8H12N6. The van der Waals surface area contributed by atoms with Gasteiger partial charge in [0.2, 0.25) is 0 Å². The van der Waals surface area contributed by atoms with E-state index in [9.17, 15) is 0 Å². The largest absolute Gasteiger partial charge is 0.320 e. The Balaban J connectivity index is 1.81. The summed E-state index contributed by atoms with van der Waals surface area (Å²) in [6.45, 7) is 1.46. The van der Waals surface area contributed by atoms with Crippen LogP contribution in [0.25, 0.3) is 0 Å². The Kier molecular flexibility index (Phi) is 2.55. The molecule has 2 aromatic rings. The van der Waals surface area contributed by atoms with Gasteiger partial charge in [0, 0.05) is 25.5 Å². The Hall–Kier alpha value is -1.69. The van der Waals surface area contributed by atoms with Gasteiger partial charge in [-0.1, -0.05) is 0 Å². The number of hydrogen-bond acceptors (Lipinski definition) is 4. The first-order valence-corrected chi connectivity index (χ1v) is 4.38. The normalized spacial score (nSPS) is 10.6. The number of nitrogens with one attached hydrogen (secondary N) is 2. The molecule has 0 aliphatic rings. The van der Waals surface area contributed by atoms with Crippen molar-refractivity contribution in [3.63, 3.8) is 0 Å². The summed E-state index contributed by atoms with van der Waals surface area (Å²) in [5.41, 5.74) is 1.06. The Morgan fingerprint density at radius 2 is 2.43 bits per heavy atom. The van der Waals surface area contributed by atoms with Gasteiger partial charge < -0.3 is 9.88 Å². The predicted molar refractivity (Wildman–Crippen MR) is 50.1 cm³/mol. The SMILES string of the molecule is Cn1cnnc1CNCc1ccn[nH]1. The summed E-state index contributed by atoms with van der Waals surface area (Å²) in [5.74, 6) is 0.921. The van der Waals surface area contributed by atoms with Crippen molar-refractivity contribution in [3.05, 3.63) is 30.1 Å². The fraction of sp³-hybridized carbons (Fsp3) is 0.375. The molecule has 0 saturated heterocycles. The third-order valence-electron chi connectivity index (χ3n) is 1.96. The summed E-state index contributed by atoms with van der Waals surface area (Å²) in [7, 11) is 1.92. The molecule has 2 heterocycles. The Morgan fingerprint density at radius 3 is 3.07 bits per heavy atom. The van der Waals surface area contributed by atoms with Gasteiger partial charge in [0.25, 0.3) is 0 Å². The highest BCUT2D eigenvalue weighted by atomic mass is 15.3. The zero-order valence-corrected chi connectivity index (χ0v) is 7.94. The highest BCUT2D eigenvalue weighted by Crippen LogP contribution is 1.93. The second-order valence-electron chi connectivity index (χ2n) is 3.04. The number of aryl methyl sites for hydroxylation is 1. The molecular weight excluding hydrogens is 180 g/mol. The average Bonchev–Trinajstić information content (AvgIpc) is 2.78. The minimum absolute atomic E-state index is 0.704. The quantitative estimate of drug-likeness (QED) is 0.705. The third kappa shape index (κ3) is 1.97. The second-order valence-corrected chi connectivity index (χ2v) is 3.04. The highest BCUT2D eigenvalue weighted by molar-refractivity contribution is 4.97. The molecule has 2 rings (SSSR count). The van der Waals surface area contributed by atoms with E-state index < -0.39 is 0 Å². The predicted octanol–water partition coefficient (Wildman–Crippen LogP) is -0.172. The zero-order chi connectivity index (χ0) is 9.80. The van der Waals surface area contributed by atoms with E-state index in [-0.39, 0.29) is 0 Å². The first-order valence-electron chi connectivity index (χ1n) is 4.38. The smallest absolute Gasteiger partial charge is 0.146 e. The molecule has 6 nitrogen and oxygen atoms in total. The van der Waals surface area contributed by atoms with Crippen molar-refractivity contribution in [2.24, 2.45) is 7.05 Å². The molecule has 74 valence electrons. The van der Waals surface area contributed by atoms with Crippen LogP contribution in [0.4, 0.5) is 0 Å². The van der Waals surface area contributed by atoms with Gasteiger partial charge in [-0.2, -0.15) is 5.10 Å². The minimum Gasteiger partial charge on any atom is -0.320 e. The van der Waals surface area contributed by atoms with Crippen LogP contribution < -0.4 is 5.32 Å². The molecule has 2 aromatic heterocycles. The maximum Gasteiger partial charge on any atom is 0.146 e. The van der Waals surface area contributed by atoms with Gasteiger partial charge in [0.15, 0.2) is 0 Å². The van der Waals surface area contributed by atoms with Gasteiger partial charge in [-0.15, -0.1) is 10.2 Å². The molecule has 0 saturated carbocycles. The van der Waals surface area contributed by atoms with Crippen molar-refractivity contribution < 1.29 is 0 Å². The zero-order valence-electron chi connectivity index (χ0n) is 7.94. The van der Waals surface area contributed by atoms with E-state index in [4.69, 9.17) is 0 Å². The molecule has 0 aliphatic heterocycles. The lowest BCUT2D eigenvalue weighted by atomic mass is 10.4. The number of aromatic amines is 1. The highest BCUT2D eigenvalue weighted by Gasteiger charge is 1.99. The van der Waals surface area contributed by atoms with E-state index in [0.29, 0.717) is 6.54 Å². The standard InChI is InChI=1S/C8H12N6/c1-14-6-11-13-8(14)5-9-4-7-2-3-10-12-7/h2-3,6,9H,4-5H2,1H3,(H,10,12). The summed E-state index contributed by atoms with van der Waals surface area (Å²) >= 11 is 0. The molecule has 6 heteroatoms. The fourth-order valence-corrected chi connectivity index (χ4v) is 1.16. The molecule has 0 spiro atoms. The van der Waals surface area contributed by atoms with Crippen LogP contribution in [0.2, 0.25) is 0 Å². The number of aromatic nitrogens is 5. The average molecular weight is 192 g/mol. The molecule has 0 aromatic carbocycles. The lowest BCUT2D eigenvalue weighted by Gasteiger charge is -2.01. The first kappa shape index (κ1) is 8.89. The van der Waals surface area contributed by atoms with E-state index in [2.05, 4.69) is 25.7 Å². The molecule has 0 radical (unpaired) electrons. The molecule has 0 unspecified atom stereocenters. The summed E-state index contributed by atoms with van der Waals surface area (Å²) in [6, 6.07) is 1.93. The number of nitrogens with zero attached hydrogens (tertiary/aromatic N) is 4. The Morgan fingerprint density at radius 1 is 1.50 bits per heavy atom. The summed E-state index contributed by atoms with van der Waals surface area (Å²) in [6.07, 6.45) is 3.42. The van der Waals surface area contributed by atoms with Crippen molar-refractivity contribution in [3.8, 4) is 0 Å². The van der Waals surface area contributed by atoms with Gasteiger partial charge in [-0.3, -0.25) is 5.10 Å². The van der Waals surface area contributed by atoms with Crippen LogP contribution in [0.15, 0.2) is 18.6 Å². The van der Waals surface area contributed by atoms with Gasteiger partial charge >= 0.3 is 0 Å². The lowest BCUT2D eigenvalue weighted by molar-refractivity contribution is 0.628. The topological polar surface area (TPSA) is 71.4 Å². The van der Waals surface area contributed by atoms with Crippen molar-refractivity contribution >= 4 is 0 Å². The van der Waals surface area contributed by atoms with E-state index in [0.717, 1.165) is 18.1 Å². The van der Waals surface area contributed by atoms with Crippen LogP contribution in [0.1, 0.15) is 11.5 Å². The number of H-pyrrole nitrogens is 1. The number of rotatable bonds is 4. The monoisotopic (exact) mass is 192 g/mol. The molecule has 0 fully saturated rings. The Bertz CT molecular complexity index is 376. The van der Waals surface area contributed by atoms with Crippen LogP contribution in [-0.4, -0.2) is 25.0 Å². The first-order chi connectivity index (χ1) is 6.86. The lowest BCUT2D eigenvalue weighted by Crippen LogP contribution is -2.15. The van der Waals surface area contributed by atoms with Crippen LogP contribution in [0, 0.1) is 0 Å². The second kappa shape index (κ2) is 4.01. The van der Waals surface area contributed by atoms with Crippen molar-refractivity contribution in [1.82, 2.24) is 30.3 Å². The van der Waals surface area contributed by atoms with E-state index in [1.807, 2.05) is 17.7 Å². The maximum atomic E-state index is 3.96. The molecule has 0 bridgehead atoms. The molecule has 0 aliphatic carbocycles. The molecule has 2 N–H and O–H groups in total. The van der Waals surface area contributed by atoms with Gasteiger partial charge in [-0.05, 0) is 6.07 Å². The summed E-state index contributed by atoms with van der Waals surface area (Å²) in [5, 5.41) is 17.7. The molecule has 14 heavy (non-hydrogen) atoms. The molecule has 0 amide bonds. The van der Waals surface area contributed by atoms with Gasteiger partial charge in [0.1, 0.15) is 12.2 Å². The van der Waals surface area contributed by atoms with Crippen LogP contribution in [0.5, 0.6) is 0 Å².